The van der Waals surface area contributed by atoms with Crippen molar-refractivity contribution in [3.05, 3.63) is 21.7 Å². The predicted molar refractivity (Wildman–Crippen MR) is 101 cm³/mol. The molecule has 132 valence electrons. The van der Waals surface area contributed by atoms with Gasteiger partial charge in [-0.3, -0.25) is 0 Å². The van der Waals surface area contributed by atoms with Crippen LogP contribution in [0.5, 0.6) is 11.5 Å². The van der Waals surface area contributed by atoms with Crippen LogP contribution < -0.4 is 14.2 Å². The first kappa shape index (κ1) is 20.5. The molecule has 0 fully saturated rings. The third kappa shape index (κ3) is 5.19. The number of hydrogen-bond acceptors (Lipinski definition) is 3. The fourth-order valence-corrected chi connectivity index (χ4v) is 3.59. The fraction of sp³-hybridized carbons (Fsp3) is 0.647. The van der Waals surface area contributed by atoms with Crippen LogP contribution in [0.2, 0.25) is 0 Å². The van der Waals surface area contributed by atoms with Gasteiger partial charge in [0.15, 0.2) is 0 Å². The van der Waals surface area contributed by atoms with Crippen molar-refractivity contribution in [1.29, 1.82) is 0 Å². The zero-order valence-corrected chi connectivity index (χ0v) is 17.5. The molecule has 0 aliphatic rings. The second-order valence-electron chi connectivity index (χ2n) is 6.32. The maximum absolute atomic E-state index is 12.4. The van der Waals surface area contributed by atoms with E-state index in [-0.39, 0.29) is 10.8 Å². The molecule has 1 N–H and O–H groups in total. The minimum absolute atomic E-state index is 0.0819. The molecule has 1 unspecified atom stereocenters. The Kier molecular flexibility index (Phi) is 7.55. The average Bonchev–Trinajstić information content (AvgIpc) is 2.45. The summed E-state index contributed by atoms with van der Waals surface area (Å²) >= 11 is 3.57. The Labute approximate surface area is 151 Å². The van der Waals surface area contributed by atoms with Crippen molar-refractivity contribution in [3.63, 3.8) is 0 Å². The lowest BCUT2D eigenvalue weighted by atomic mass is 10.0. The highest BCUT2D eigenvalue weighted by molar-refractivity contribution is 9.10. The summed E-state index contributed by atoms with van der Waals surface area (Å²) in [6.07, 6.45) is 0. The Morgan fingerprint density at radius 1 is 1.26 bits per heavy atom. The van der Waals surface area contributed by atoms with Gasteiger partial charge in [0.1, 0.15) is 16.0 Å². The Bertz CT molecular complexity index is 570. The second kappa shape index (κ2) is 8.49. The Morgan fingerprint density at radius 3 is 2.30 bits per heavy atom. The summed E-state index contributed by atoms with van der Waals surface area (Å²) in [4.78, 5) is 0. The quantitative estimate of drug-likeness (QED) is 0.716. The van der Waals surface area contributed by atoms with Gasteiger partial charge in [0.25, 0.3) is 0 Å². The molecule has 23 heavy (non-hydrogen) atoms. The molecule has 0 aromatic heterocycles. The lowest BCUT2D eigenvalue weighted by Crippen LogP contribution is -2.35. The molecule has 0 saturated heterocycles. The van der Waals surface area contributed by atoms with E-state index >= 15 is 0 Å². The van der Waals surface area contributed by atoms with E-state index < -0.39 is 11.0 Å². The average molecular weight is 406 g/mol. The molecule has 0 saturated carbocycles. The summed E-state index contributed by atoms with van der Waals surface area (Å²) in [5.74, 6) is 1.52. The minimum atomic E-state index is -1.15. The van der Waals surface area contributed by atoms with Gasteiger partial charge in [-0.1, -0.05) is 0 Å². The van der Waals surface area contributed by atoms with Crippen LogP contribution in [-0.4, -0.2) is 22.2 Å². The highest BCUT2D eigenvalue weighted by atomic mass is 79.9. The van der Waals surface area contributed by atoms with E-state index in [1.165, 1.54) is 0 Å². The zero-order valence-electron chi connectivity index (χ0n) is 15.1. The molecule has 0 aliphatic carbocycles. The lowest BCUT2D eigenvalue weighted by Gasteiger charge is -2.25. The number of benzene rings is 1. The largest absolute Gasteiger partial charge is 0.493 e. The number of hydrogen-bond donors (Lipinski definition) is 1. The van der Waals surface area contributed by atoms with Gasteiger partial charge in [0.2, 0.25) is 0 Å². The van der Waals surface area contributed by atoms with Crippen molar-refractivity contribution >= 4 is 26.9 Å². The zero-order chi connectivity index (χ0) is 17.8. The van der Waals surface area contributed by atoms with Crippen molar-refractivity contribution in [2.45, 2.75) is 59.3 Å². The molecule has 0 amide bonds. The van der Waals surface area contributed by atoms with Gasteiger partial charge in [0.05, 0.1) is 28.9 Å². The van der Waals surface area contributed by atoms with Crippen LogP contribution in [0.1, 0.15) is 58.7 Å². The van der Waals surface area contributed by atoms with Crippen LogP contribution in [0, 0.1) is 6.92 Å². The highest BCUT2D eigenvalue weighted by Crippen LogP contribution is 2.41. The van der Waals surface area contributed by atoms with Crippen LogP contribution >= 0.6 is 15.9 Å². The van der Waals surface area contributed by atoms with Gasteiger partial charge in [-0.15, -0.1) is 0 Å². The van der Waals surface area contributed by atoms with Gasteiger partial charge in [0, 0.05) is 6.04 Å². The second-order valence-corrected chi connectivity index (χ2v) is 9.11. The molecule has 4 nitrogen and oxygen atoms in total. The number of nitrogens with one attached hydrogen (secondary N) is 1. The van der Waals surface area contributed by atoms with Crippen LogP contribution in [0.3, 0.4) is 0 Å². The molecule has 2 atom stereocenters. The molecular formula is C17H28BrNO3S. The Hall–Kier alpha value is -0.590. The molecule has 0 aliphatic heterocycles. The SMILES string of the molecule is CCOc1cc([C@@H](C)NS(=O)C(C)(C)C)c(C)c(OCC)c1Br. The topological polar surface area (TPSA) is 47.6 Å². The van der Waals surface area contributed by atoms with Gasteiger partial charge >= 0.3 is 0 Å². The summed E-state index contributed by atoms with van der Waals surface area (Å²) in [5, 5.41) is 0. The highest BCUT2D eigenvalue weighted by Gasteiger charge is 2.24. The van der Waals surface area contributed by atoms with E-state index in [1.54, 1.807) is 0 Å². The van der Waals surface area contributed by atoms with Crippen molar-refractivity contribution in [1.82, 2.24) is 4.72 Å². The molecule has 1 rings (SSSR count). The summed E-state index contributed by atoms with van der Waals surface area (Å²) in [7, 11) is -1.15. The van der Waals surface area contributed by atoms with Crippen LogP contribution in [0.4, 0.5) is 0 Å². The molecule has 6 heteroatoms. The van der Waals surface area contributed by atoms with Gasteiger partial charge in [-0.05, 0) is 81.6 Å². The van der Waals surface area contributed by atoms with Gasteiger partial charge in [-0.2, -0.15) is 0 Å². The Balaban J connectivity index is 3.26. The third-order valence-electron chi connectivity index (χ3n) is 3.37. The van der Waals surface area contributed by atoms with E-state index in [0.717, 1.165) is 27.1 Å². The summed E-state index contributed by atoms with van der Waals surface area (Å²) in [6, 6.07) is 1.91. The maximum Gasteiger partial charge on any atom is 0.140 e. The molecule has 1 aromatic rings. The predicted octanol–water partition coefficient (Wildman–Crippen LogP) is 4.67. The fourth-order valence-electron chi connectivity index (χ4n) is 2.15. The van der Waals surface area contributed by atoms with E-state index in [0.29, 0.717) is 13.2 Å². The number of ether oxygens (including phenoxy) is 2. The normalized spacial score (nSPS) is 14.4. The van der Waals surface area contributed by atoms with E-state index in [9.17, 15) is 4.21 Å². The minimum Gasteiger partial charge on any atom is -0.493 e. The first-order valence-electron chi connectivity index (χ1n) is 7.90. The monoisotopic (exact) mass is 405 g/mol. The van der Waals surface area contributed by atoms with Crippen LogP contribution in [0.15, 0.2) is 10.5 Å². The molecule has 1 aromatic carbocycles. The van der Waals surface area contributed by atoms with Crippen molar-refractivity contribution in [2.24, 2.45) is 0 Å². The Morgan fingerprint density at radius 2 is 1.83 bits per heavy atom. The molecular weight excluding hydrogens is 378 g/mol. The third-order valence-corrected chi connectivity index (χ3v) is 5.80. The molecule has 0 spiro atoms. The van der Waals surface area contributed by atoms with Crippen molar-refractivity contribution in [3.8, 4) is 11.5 Å². The van der Waals surface area contributed by atoms with Gasteiger partial charge < -0.3 is 9.47 Å². The maximum atomic E-state index is 12.4. The van der Waals surface area contributed by atoms with Gasteiger partial charge in [-0.25, -0.2) is 8.93 Å². The van der Waals surface area contributed by atoms with Crippen molar-refractivity contribution < 1.29 is 13.7 Å². The summed E-state index contributed by atoms with van der Waals surface area (Å²) in [5.41, 5.74) is 2.05. The van der Waals surface area contributed by atoms with Crippen LogP contribution in [0.25, 0.3) is 0 Å². The van der Waals surface area contributed by atoms with E-state index in [4.69, 9.17) is 9.47 Å². The lowest BCUT2D eigenvalue weighted by molar-refractivity contribution is 0.316. The van der Waals surface area contributed by atoms with E-state index in [1.807, 2.05) is 54.5 Å². The standard InChI is InChI=1S/C17H28BrNO3S/c1-8-21-14-10-13(11(3)16(15(14)18)22-9-2)12(4)19-23(20)17(5,6)7/h10,12,19H,8-9H2,1-7H3/t12-,23?/m1/s1. The van der Waals surface area contributed by atoms with Crippen LogP contribution in [-0.2, 0) is 11.0 Å². The molecule has 0 bridgehead atoms. The first-order valence-corrected chi connectivity index (χ1v) is 9.84. The summed E-state index contributed by atoms with van der Waals surface area (Å²) in [6.45, 7) is 14.9. The summed E-state index contributed by atoms with van der Waals surface area (Å²) < 4.78 is 27.6. The molecule has 0 heterocycles. The number of halogens is 1. The smallest absolute Gasteiger partial charge is 0.140 e. The molecule has 0 radical (unpaired) electrons. The first-order chi connectivity index (χ1) is 10.6. The number of rotatable bonds is 7. The van der Waals surface area contributed by atoms with E-state index in [2.05, 4.69) is 20.7 Å². The van der Waals surface area contributed by atoms with Crippen molar-refractivity contribution in [2.75, 3.05) is 13.2 Å².